The fourth-order valence-electron chi connectivity index (χ4n) is 1.88. The Morgan fingerprint density at radius 1 is 1.47 bits per heavy atom. The summed E-state index contributed by atoms with van der Waals surface area (Å²) in [5.41, 5.74) is 0. The molecule has 0 radical (unpaired) electrons. The first-order chi connectivity index (χ1) is 8.67. The molecule has 0 saturated carbocycles. The third-order valence-electron chi connectivity index (χ3n) is 4.23. The second-order valence-electron chi connectivity index (χ2n) is 6.84. The standard InChI is InChI=1S/C15H28O3Si/c1-7-8-14-13(16)11-12(18-14)9-10-17-19(5,6)15(2,3)4/h7,12,14H,1,8-11H2,2-6H3. The minimum Gasteiger partial charge on any atom is -0.417 e. The molecule has 19 heavy (non-hydrogen) atoms. The number of hydrogen-bond acceptors (Lipinski definition) is 3. The van der Waals surface area contributed by atoms with Gasteiger partial charge in [-0.05, 0) is 31.0 Å². The summed E-state index contributed by atoms with van der Waals surface area (Å²) in [5.74, 6) is 0.206. The number of Topliss-reactive ketones (excluding diaryl/α,β-unsaturated/α-hetero) is 1. The van der Waals surface area contributed by atoms with Gasteiger partial charge in [-0.15, -0.1) is 6.58 Å². The highest BCUT2D eigenvalue weighted by Gasteiger charge is 2.38. The third kappa shape index (κ3) is 4.55. The molecular formula is C15H28O3Si. The summed E-state index contributed by atoms with van der Waals surface area (Å²) < 4.78 is 11.8. The molecule has 0 aliphatic carbocycles. The van der Waals surface area contributed by atoms with Crippen LogP contribution in [-0.4, -0.2) is 32.9 Å². The second kappa shape index (κ2) is 6.33. The molecule has 1 aliphatic heterocycles. The van der Waals surface area contributed by atoms with E-state index in [1.165, 1.54) is 0 Å². The van der Waals surface area contributed by atoms with E-state index in [4.69, 9.17) is 9.16 Å². The summed E-state index contributed by atoms with van der Waals surface area (Å²) in [5, 5.41) is 0.227. The molecule has 2 atom stereocenters. The van der Waals surface area contributed by atoms with Gasteiger partial charge in [-0.2, -0.15) is 0 Å². The van der Waals surface area contributed by atoms with Crippen molar-refractivity contribution >= 4 is 14.1 Å². The van der Waals surface area contributed by atoms with Crippen LogP contribution in [0.4, 0.5) is 0 Å². The lowest BCUT2D eigenvalue weighted by Gasteiger charge is -2.36. The first-order valence-corrected chi connectivity index (χ1v) is 10.0. The van der Waals surface area contributed by atoms with Crippen LogP contribution < -0.4 is 0 Å². The maximum absolute atomic E-state index is 11.7. The second-order valence-corrected chi connectivity index (χ2v) is 11.6. The quantitative estimate of drug-likeness (QED) is 0.551. The summed E-state index contributed by atoms with van der Waals surface area (Å²) in [6.07, 6.45) is 3.47. The Bertz CT molecular complexity index is 331. The van der Waals surface area contributed by atoms with Gasteiger partial charge < -0.3 is 9.16 Å². The van der Waals surface area contributed by atoms with E-state index in [2.05, 4.69) is 40.4 Å². The maximum Gasteiger partial charge on any atom is 0.191 e. The van der Waals surface area contributed by atoms with E-state index in [0.717, 1.165) is 6.42 Å². The number of carbonyl (C=O) groups excluding carboxylic acids is 1. The molecule has 0 spiro atoms. The first kappa shape index (κ1) is 16.6. The Morgan fingerprint density at radius 2 is 2.11 bits per heavy atom. The average molecular weight is 284 g/mol. The van der Waals surface area contributed by atoms with E-state index in [-0.39, 0.29) is 23.0 Å². The minimum absolute atomic E-state index is 0.0298. The van der Waals surface area contributed by atoms with Crippen LogP contribution in [0, 0.1) is 0 Å². The summed E-state index contributed by atoms with van der Waals surface area (Å²) in [6, 6.07) is 0. The Hall–Kier alpha value is -0.453. The summed E-state index contributed by atoms with van der Waals surface area (Å²) in [4.78, 5) is 11.7. The van der Waals surface area contributed by atoms with Crippen molar-refractivity contribution in [3.63, 3.8) is 0 Å². The van der Waals surface area contributed by atoms with Gasteiger partial charge in [-0.1, -0.05) is 26.8 Å². The van der Waals surface area contributed by atoms with Crippen LogP contribution in [0.2, 0.25) is 18.1 Å². The van der Waals surface area contributed by atoms with Gasteiger partial charge in [0.1, 0.15) is 6.10 Å². The largest absolute Gasteiger partial charge is 0.417 e. The van der Waals surface area contributed by atoms with Gasteiger partial charge in [-0.25, -0.2) is 0 Å². The van der Waals surface area contributed by atoms with Gasteiger partial charge in [0.2, 0.25) is 0 Å². The zero-order valence-corrected chi connectivity index (χ0v) is 14.0. The summed E-state index contributed by atoms with van der Waals surface area (Å²) in [6.45, 7) is 15.5. The highest BCUT2D eigenvalue weighted by Crippen LogP contribution is 2.36. The molecule has 1 aliphatic rings. The van der Waals surface area contributed by atoms with Crippen molar-refractivity contribution in [2.75, 3.05) is 6.61 Å². The molecule has 1 rings (SSSR count). The molecule has 3 nitrogen and oxygen atoms in total. The molecule has 0 aromatic rings. The maximum atomic E-state index is 11.7. The molecule has 110 valence electrons. The normalized spacial score (nSPS) is 24.8. The molecule has 1 saturated heterocycles. The molecule has 1 fully saturated rings. The van der Waals surface area contributed by atoms with Gasteiger partial charge in [0, 0.05) is 13.0 Å². The van der Waals surface area contributed by atoms with Gasteiger partial charge in [0.15, 0.2) is 14.1 Å². The number of ketones is 1. The van der Waals surface area contributed by atoms with Crippen LogP contribution >= 0.6 is 0 Å². The predicted molar refractivity (Wildman–Crippen MR) is 80.9 cm³/mol. The van der Waals surface area contributed by atoms with Crippen molar-refractivity contribution in [3.8, 4) is 0 Å². The van der Waals surface area contributed by atoms with Crippen LogP contribution in [0.3, 0.4) is 0 Å². The average Bonchev–Trinajstić information content (AvgIpc) is 2.58. The topological polar surface area (TPSA) is 35.5 Å². The van der Waals surface area contributed by atoms with Crippen LogP contribution in [0.5, 0.6) is 0 Å². The predicted octanol–water partition coefficient (Wildman–Crippen LogP) is 3.70. The molecule has 0 aromatic heterocycles. The van der Waals surface area contributed by atoms with Crippen molar-refractivity contribution in [3.05, 3.63) is 12.7 Å². The monoisotopic (exact) mass is 284 g/mol. The molecule has 2 unspecified atom stereocenters. The Labute approximate surface area is 118 Å². The molecule has 0 N–H and O–H groups in total. The van der Waals surface area contributed by atoms with E-state index >= 15 is 0 Å². The Balaban J connectivity index is 2.35. The van der Waals surface area contributed by atoms with Gasteiger partial charge in [0.05, 0.1) is 6.10 Å². The van der Waals surface area contributed by atoms with Crippen molar-refractivity contribution in [1.29, 1.82) is 0 Å². The van der Waals surface area contributed by atoms with Gasteiger partial charge >= 0.3 is 0 Å². The number of ether oxygens (including phenoxy) is 1. The highest BCUT2D eigenvalue weighted by atomic mass is 28.4. The van der Waals surface area contributed by atoms with Gasteiger partial charge in [-0.3, -0.25) is 4.79 Å². The zero-order valence-electron chi connectivity index (χ0n) is 13.0. The Morgan fingerprint density at radius 3 is 2.63 bits per heavy atom. The smallest absolute Gasteiger partial charge is 0.191 e. The van der Waals surface area contributed by atoms with Gasteiger partial charge in [0.25, 0.3) is 0 Å². The van der Waals surface area contributed by atoms with Crippen LogP contribution in [0.25, 0.3) is 0 Å². The Kier molecular flexibility index (Phi) is 5.53. The third-order valence-corrected chi connectivity index (χ3v) is 8.77. The lowest BCUT2D eigenvalue weighted by atomic mass is 10.1. The molecule has 0 aromatic carbocycles. The lowest BCUT2D eigenvalue weighted by molar-refractivity contribution is -0.122. The van der Waals surface area contributed by atoms with Crippen LogP contribution in [0.1, 0.15) is 40.0 Å². The number of hydrogen-bond donors (Lipinski definition) is 0. The van der Waals surface area contributed by atoms with E-state index in [9.17, 15) is 4.79 Å². The van der Waals surface area contributed by atoms with Crippen molar-refractivity contribution in [1.82, 2.24) is 0 Å². The molecule has 0 bridgehead atoms. The van der Waals surface area contributed by atoms with Crippen LogP contribution in [-0.2, 0) is 14.0 Å². The van der Waals surface area contributed by atoms with Crippen molar-refractivity contribution in [2.24, 2.45) is 0 Å². The van der Waals surface area contributed by atoms with E-state index in [1.54, 1.807) is 6.08 Å². The first-order valence-electron chi connectivity index (χ1n) is 7.10. The fourth-order valence-corrected chi connectivity index (χ4v) is 2.94. The fraction of sp³-hybridized carbons (Fsp3) is 0.800. The zero-order chi connectivity index (χ0) is 14.7. The van der Waals surface area contributed by atoms with E-state index in [0.29, 0.717) is 19.4 Å². The molecule has 1 heterocycles. The number of carbonyl (C=O) groups is 1. The minimum atomic E-state index is -1.68. The van der Waals surface area contributed by atoms with Crippen molar-refractivity contribution < 1.29 is 14.0 Å². The molecule has 4 heteroatoms. The van der Waals surface area contributed by atoms with E-state index < -0.39 is 8.32 Å². The molecule has 0 amide bonds. The van der Waals surface area contributed by atoms with E-state index in [1.807, 2.05) is 0 Å². The summed E-state index contributed by atoms with van der Waals surface area (Å²) >= 11 is 0. The van der Waals surface area contributed by atoms with Crippen molar-refractivity contribution in [2.45, 2.75) is 70.4 Å². The van der Waals surface area contributed by atoms with Crippen LogP contribution in [0.15, 0.2) is 12.7 Å². The SMILES string of the molecule is C=CCC1OC(CCO[Si](C)(C)C(C)(C)C)CC1=O. The lowest BCUT2D eigenvalue weighted by Crippen LogP contribution is -2.41. The number of rotatable bonds is 6. The molecular weight excluding hydrogens is 256 g/mol. The summed E-state index contributed by atoms with van der Waals surface area (Å²) in [7, 11) is -1.68. The highest BCUT2D eigenvalue weighted by molar-refractivity contribution is 6.74.